The molecule has 3 heterocycles. The van der Waals surface area contributed by atoms with Crippen molar-refractivity contribution in [1.82, 2.24) is 13.7 Å². The third kappa shape index (κ3) is 11.7. The Labute approximate surface area is 777 Å². The predicted octanol–water partition coefficient (Wildman–Crippen LogP) is 33.5. The molecule has 3 nitrogen and oxygen atoms in total. The summed E-state index contributed by atoms with van der Waals surface area (Å²) in [5.74, 6) is 0.177. The maximum atomic E-state index is 2.49. The molecule has 0 saturated heterocycles. The van der Waals surface area contributed by atoms with Gasteiger partial charge in [-0.2, -0.15) is 0 Å². The van der Waals surface area contributed by atoms with E-state index < -0.39 is 10.8 Å². The van der Waals surface area contributed by atoms with Gasteiger partial charge in [-0.05, 0) is 258 Å². The zero-order valence-corrected chi connectivity index (χ0v) is 73.4. The van der Waals surface area contributed by atoms with Crippen molar-refractivity contribution in [1.29, 1.82) is 0 Å². The summed E-state index contributed by atoms with van der Waals surface area (Å²) in [6, 6.07) is 190. The normalized spacial score (nSPS) is 13.6. The van der Waals surface area contributed by atoms with Crippen molar-refractivity contribution < 1.29 is 0 Å². The van der Waals surface area contributed by atoms with Gasteiger partial charge >= 0.3 is 0 Å². The number of fused-ring (bicyclic) bond motifs is 22. The monoisotopic (exact) mass is 1700 g/mol. The van der Waals surface area contributed by atoms with E-state index >= 15 is 0 Å². The van der Waals surface area contributed by atoms with Crippen LogP contribution >= 0.6 is 0 Å². The number of benzene rings is 22. The molecule has 0 radical (unpaired) electrons. The fraction of sp³-hybridized carbons (Fsp3) is 0.0229. The molecule has 25 aromatic rings. The van der Waals surface area contributed by atoms with E-state index in [2.05, 4.69) is 523 Å². The van der Waals surface area contributed by atoms with Crippen molar-refractivity contribution in [3.63, 3.8) is 0 Å². The Morgan fingerprint density at radius 3 is 1.15 bits per heavy atom. The third-order valence-electron chi connectivity index (χ3n) is 29.5. The second-order valence-corrected chi connectivity index (χ2v) is 36.3. The number of aromatic nitrogens is 3. The zero-order valence-electron chi connectivity index (χ0n) is 73.4. The van der Waals surface area contributed by atoms with Gasteiger partial charge in [0, 0.05) is 55.3 Å². The summed E-state index contributed by atoms with van der Waals surface area (Å²) in [5, 5.41) is 12.6. The van der Waals surface area contributed by atoms with Crippen LogP contribution < -0.4 is 0 Å². The molecule has 0 saturated carbocycles. The van der Waals surface area contributed by atoms with Crippen molar-refractivity contribution in [2.24, 2.45) is 0 Å². The number of hydrogen-bond acceptors (Lipinski definition) is 0. The molecule has 0 aliphatic heterocycles. The Hall–Kier alpha value is -17.2. The third-order valence-corrected chi connectivity index (χ3v) is 29.5. The maximum absolute atomic E-state index is 2.49. The van der Waals surface area contributed by atoms with Crippen LogP contribution in [0.5, 0.6) is 0 Å². The quantitative estimate of drug-likeness (QED) is 0.116. The first kappa shape index (κ1) is 76.8. The Kier molecular flexibility index (Phi) is 17.6. The number of para-hydroxylation sites is 1. The number of rotatable bonds is 12. The van der Waals surface area contributed by atoms with E-state index in [1.54, 1.807) is 0 Å². The van der Waals surface area contributed by atoms with Gasteiger partial charge in [0.1, 0.15) is 0 Å². The molecule has 3 heteroatoms. The van der Waals surface area contributed by atoms with Crippen LogP contribution in [0.4, 0.5) is 0 Å². The molecule has 134 heavy (non-hydrogen) atoms. The van der Waals surface area contributed by atoms with Gasteiger partial charge in [-0.3, -0.25) is 0 Å². The second kappa shape index (κ2) is 30.7. The fourth-order valence-corrected chi connectivity index (χ4v) is 23.7. The van der Waals surface area contributed by atoms with Crippen LogP contribution in [-0.4, -0.2) is 13.7 Å². The lowest BCUT2D eigenvalue weighted by atomic mass is 9.67. The average Bonchev–Trinajstić information content (AvgIpc) is 1.52. The summed E-state index contributed by atoms with van der Waals surface area (Å²) in [5.41, 5.74) is 41.4. The predicted molar refractivity (Wildman–Crippen MR) is 560 cm³/mol. The van der Waals surface area contributed by atoms with Crippen LogP contribution in [0.2, 0.25) is 0 Å². The molecule has 3 aliphatic rings. The van der Waals surface area contributed by atoms with Crippen molar-refractivity contribution in [3.05, 3.63) is 571 Å². The second-order valence-electron chi connectivity index (χ2n) is 36.3. The fourth-order valence-electron chi connectivity index (χ4n) is 23.7. The van der Waals surface area contributed by atoms with E-state index in [4.69, 9.17) is 0 Å². The Bertz CT molecular complexity index is 8940. The molecule has 0 fully saturated rings. The average molecular weight is 1700 g/mol. The molecule has 1 unspecified atom stereocenters. The molecule has 22 aromatic carbocycles. The van der Waals surface area contributed by atoms with Crippen LogP contribution in [0, 0.1) is 0 Å². The highest BCUT2D eigenvalue weighted by Crippen LogP contribution is 2.62. The van der Waals surface area contributed by atoms with Gasteiger partial charge in [-0.15, -0.1) is 0 Å². The Morgan fingerprint density at radius 2 is 0.560 bits per heavy atom. The highest BCUT2D eigenvalue weighted by atomic mass is 15.0. The van der Waals surface area contributed by atoms with Gasteiger partial charge in [0.25, 0.3) is 0 Å². The minimum Gasteiger partial charge on any atom is -0.309 e. The maximum Gasteiger partial charge on any atom is 0.0720 e. The largest absolute Gasteiger partial charge is 0.309 e. The summed E-state index contributed by atoms with van der Waals surface area (Å²) in [7, 11) is 0. The smallest absolute Gasteiger partial charge is 0.0720 e. The first-order valence-corrected chi connectivity index (χ1v) is 46.7. The van der Waals surface area contributed by atoms with E-state index in [0.29, 0.717) is 0 Å². The standard InChI is InChI=1S/C66H43N.C65H42N2/c1-4-16-43(17-5-1)45-30-34-52(35-31-45)67-61-38-33-48(47-32-36-55-57(41-47)53-24-12-13-25-54(53)63(55)49-29-28-44-18-10-11-19-46(44)40-49)42-58(61)65-62(67)39-37-60-64(65)56-26-14-15-27-59(56)66(60,50-20-6-2-7-21-50)51-22-8-3-9-23-51;1-4-16-43(17-5-1)45-28-33-51(34-29-45)66-61-38-32-48(47-31-37-60-56(41-47)54-25-13-15-27-59(54)67(60)52-35-30-44-18-10-11-19-46(44)40-52)42-57(61)63-62(66)39-36-55-53-24-12-14-26-58(53)65(64(55)63,49-20-6-2-7-21-49)50-22-8-3-9-23-50/h1-42,63H;1-42H. The van der Waals surface area contributed by atoms with Crippen molar-refractivity contribution in [2.75, 3.05) is 0 Å². The Balaban J connectivity index is 0.000000136. The summed E-state index contributed by atoms with van der Waals surface area (Å²) in [6.07, 6.45) is 0. The highest BCUT2D eigenvalue weighted by Gasteiger charge is 2.50. The lowest BCUT2D eigenvalue weighted by Crippen LogP contribution is -2.28. The molecule has 0 N–H and O–H groups in total. The number of nitrogens with zero attached hydrogens (tertiary/aromatic N) is 3. The molecule has 3 aliphatic carbocycles. The summed E-state index contributed by atoms with van der Waals surface area (Å²) in [6.45, 7) is 0. The summed E-state index contributed by atoms with van der Waals surface area (Å²) >= 11 is 0. The van der Waals surface area contributed by atoms with Crippen LogP contribution in [0.15, 0.2) is 510 Å². The molecule has 624 valence electrons. The minimum absolute atomic E-state index is 0.177. The first-order chi connectivity index (χ1) is 66.5. The topological polar surface area (TPSA) is 14.8 Å². The van der Waals surface area contributed by atoms with Crippen molar-refractivity contribution in [2.45, 2.75) is 16.7 Å². The van der Waals surface area contributed by atoms with Crippen LogP contribution in [-0.2, 0) is 10.8 Å². The summed E-state index contributed by atoms with van der Waals surface area (Å²) in [4.78, 5) is 0. The van der Waals surface area contributed by atoms with E-state index in [9.17, 15) is 0 Å². The molecule has 28 rings (SSSR count). The van der Waals surface area contributed by atoms with E-state index in [1.165, 1.54) is 232 Å². The van der Waals surface area contributed by atoms with Crippen LogP contribution in [0.3, 0.4) is 0 Å². The SMILES string of the molecule is c1ccc(-c2ccc(-n3c4ccc(-c5ccc6c(c5)-c5ccccc5C6c5ccc6ccccc6c5)cc4c4c5c(ccc43)C(c3ccccc3)(c3ccccc3)c3ccccc3-5)cc2)cc1.c1ccc(-c2ccc(-n3c4ccc(-c5ccc6c(c5)c5ccccc5n6-c5ccc6ccccc6c5)cc4c4c5c(ccc43)-c3ccccc3C5(c3ccccc3)c3ccccc3)cc2)cc1. The van der Waals surface area contributed by atoms with Gasteiger partial charge in [0.2, 0.25) is 0 Å². The summed E-state index contributed by atoms with van der Waals surface area (Å²) < 4.78 is 7.41. The van der Waals surface area contributed by atoms with E-state index in [0.717, 1.165) is 11.4 Å². The van der Waals surface area contributed by atoms with Gasteiger partial charge in [-0.25, -0.2) is 0 Å². The Morgan fingerprint density at radius 1 is 0.179 bits per heavy atom. The lowest BCUT2D eigenvalue weighted by Gasteiger charge is -2.34. The first-order valence-electron chi connectivity index (χ1n) is 46.7. The molecular formula is C131H85N3. The van der Waals surface area contributed by atoms with Crippen LogP contribution in [0.1, 0.15) is 67.1 Å². The lowest BCUT2D eigenvalue weighted by molar-refractivity contribution is 0.769. The van der Waals surface area contributed by atoms with Gasteiger partial charge in [0.15, 0.2) is 0 Å². The van der Waals surface area contributed by atoms with Gasteiger partial charge in [-0.1, -0.05) is 413 Å². The molecule has 1 atom stereocenters. The van der Waals surface area contributed by atoms with E-state index in [1.807, 2.05) is 0 Å². The van der Waals surface area contributed by atoms with Crippen molar-refractivity contribution in [3.8, 4) is 95.0 Å². The zero-order chi connectivity index (χ0) is 88.1. The molecule has 0 bridgehead atoms. The number of hydrogen-bond donors (Lipinski definition) is 0. The van der Waals surface area contributed by atoms with Gasteiger partial charge in [0.05, 0.1) is 43.9 Å². The van der Waals surface area contributed by atoms with Crippen LogP contribution in [0.25, 0.3) is 182 Å². The van der Waals surface area contributed by atoms with E-state index in [-0.39, 0.29) is 5.92 Å². The molecular weight excluding hydrogens is 1620 g/mol. The molecule has 0 amide bonds. The minimum atomic E-state index is -0.566. The molecule has 0 spiro atoms. The molecule has 3 aromatic heterocycles. The van der Waals surface area contributed by atoms with Gasteiger partial charge < -0.3 is 13.7 Å². The van der Waals surface area contributed by atoms with Crippen molar-refractivity contribution >= 4 is 87.0 Å². The highest BCUT2D eigenvalue weighted by molar-refractivity contribution is 6.21.